The molecule has 0 fully saturated rings. The Morgan fingerprint density at radius 2 is 1.93 bits per heavy atom. The van der Waals surface area contributed by atoms with E-state index in [1.807, 2.05) is 18.2 Å². The molecule has 0 saturated carbocycles. The second kappa shape index (κ2) is 4.19. The maximum Gasteiger partial charge on any atom is 0.184 e. The van der Waals surface area contributed by atoms with Crippen LogP contribution in [0.4, 0.5) is 0 Å². The summed E-state index contributed by atoms with van der Waals surface area (Å²) in [5.41, 5.74) is 0. The van der Waals surface area contributed by atoms with Crippen LogP contribution in [-0.4, -0.2) is 4.73 Å². The van der Waals surface area contributed by atoms with Crippen molar-refractivity contribution in [2.24, 2.45) is 0 Å². The minimum Gasteiger partial charge on any atom is -0.373 e. The first-order chi connectivity index (χ1) is 6.77. The maximum absolute atomic E-state index is 5.57. The van der Waals surface area contributed by atoms with E-state index in [0.717, 1.165) is 14.7 Å². The molecule has 1 radical (unpaired) electrons. The molecule has 0 atom stereocenters. The van der Waals surface area contributed by atoms with Crippen LogP contribution in [0.1, 0.15) is 0 Å². The first kappa shape index (κ1) is 9.80. The van der Waals surface area contributed by atoms with Gasteiger partial charge in [0, 0.05) is 12.3 Å². The summed E-state index contributed by atoms with van der Waals surface area (Å²) in [7, 11) is 0. The average Bonchev–Trinajstić information content (AvgIpc) is 2.64. The van der Waals surface area contributed by atoms with Crippen LogP contribution >= 0.6 is 31.9 Å². The minimum atomic E-state index is 0.747. The third-order valence-electron chi connectivity index (χ3n) is 1.64. The molecule has 14 heavy (non-hydrogen) atoms. The van der Waals surface area contributed by atoms with Gasteiger partial charge in [-0.25, -0.2) is 0 Å². The molecule has 1 aromatic heterocycles. The standard InChI is InChI=1S/C10H6Br2NO/c11-8-4-3-5-9(12)10(8)14-13-6-1-2-7-13/h1,3-7H. The molecular weight excluding hydrogens is 310 g/mol. The second-order valence-corrected chi connectivity index (χ2v) is 4.32. The van der Waals surface area contributed by atoms with Crippen LogP contribution in [0.25, 0.3) is 0 Å². The highest BCUT2D eigenvalue weighted by molar-refractivity contribution is 9.11. The molecule has 0 aliphatic rings. The molecule has 0 saturated heterocycles. The zero-order valence-corrected chi connectivity index (χ0v) is 10.2. The largest absolute Gasteiger partial charge is 0.373 e. The lowest BCUT2D eigenvalue weighted by atomic mass is 10.3. The van der Waals surface area contributed by atoms with Gasteiger partial charge >= 0.3 is 0 Å². The van der Waals surface area contributed by atoms with E-state index in [2.05, 4.69) is 37.9 Å². The fraction of sp³-hybridized carbons (Fsp3) is 0. The minimum absolute atomic E-state index is 0.747. The van der Waals surface area contributed by atoms with Crippen LogP contribution in [0, 0.1) is 6.07 Å². The highest BCUT2D eigenvalue weighted by atomic mass is 79.9. The smallest absolute Gasteiger partial charge is 0.184 e. The number of benzene rings is 1. The molecule has 0 aliphatic carbocycles. The van der Waals surface area contributed by atoms with Crippen molar-refractivity contribution in [3.63, 3.8) is 0 Å². The van der Waals surface area contributed by atoms with Crippen molar-refractivity contribution >= 4 is 31.9 Å². The van der Waals surface area contributed by atoms with Crippen molar-refractivity contribution < 1.29 is 4.84 Å². The quantitative estimate of drug-likeness (QED) is 0.825. The van der Waals surface area contributed by atoms with Gasteiger partial charge in [0.05, 0.1) is 15.1 Å². The predicted octanol–water partition coefficient (Wildman–Crippen LogP) is 3.66. The zero-order chi connectivity index (χ0) is 9.97. The first-order valence-corrected chi connectivity index (χ1v) is 5.52. The van der Waals surface area contributed by atoms with Crippen molar-refractivity contribution in [3.05, 3.63) is 51.7 Å². The Hall–Kier alpha value is -0.740. The van der Waals surface area contributed by atoms with Gasteiger partial charge in [0.25, 0.3) is 0 Å². The van der Waals surface area contributed by atoms with Crippen molar-refractivity contribution in [3.8, 4) is 5.75 Å². The van der Waals surface area contributed by atoms with Gasteiger partial charge in [0.15, 0.2) is 5.75 Å². The average molecular weight is 316 g/mol. The third-order valence-corrected chi connectivity index (χ3v) is 2.88. The SMILES string of the molecule is Brc1cccc(Br)c1On1c[c]cc1. The molecule has 0 unspecified atom stereocenters. The Balaban J connectivity index is 2.33. The topological polar surface area (TPSA) is 14.2 Å². The van der Waals surface area contributed by atoms with E-state index >= 15 is 0 Å². The van der Waals surface area contributed by atoms with E-state index in [0.29, 0.717) is 0 Å². The lowest BCUT2D eigenvalue weighted by molar-refractivity contribution is 0.214. The maximum atomic E-state index is 5.57. The van der Waals surface area contributed by atoms with Crippen LogP contribution < -0.4 is 4.84 Å². The fourth-order valence-corrected chi connectivity index (χ4v) is 2.15. The molecule has 2 rings (SSSR count). The fourth-order valence-electron chi connectivity index (χ4n) is 1.01. The summed E-state index contributed by atoms with van der Waals surface area (Å²) in [5, 5.41) is 0. The van der Waals surface area contributed by atoms with Crippen LogP contribution in [0.2, 0.25) is 0 Å². The Labute approximate surface area is 98.7 Å². The Bertz CT molecular complexity index is 405. The molecule has 2 aromatic rings. The Kier molecular flexibility index (Phi) is 2.93. The summed E-state index contributed by atoms with van der Waals surface area (Å²) < 4.78 is 3.39. The Morgan fingerprint density at radius 3 is 2.50 bits per heavy atom. The van der Waals surface area contributed by atoms with E-state index in [1.165, 1.54) is 0 Å². The molecule has 0 bridgehead atoms. The molecular formula is C10H6Br2NO. The van der Waals surface area contributed by atoms with Crippen molar-refractivity contribution in [2.45, 2.75) is 0 Å². The van der Waals surface area contributed by atoms with Gasteiger partial charge < -0.3 is 4.84 Å². The molecule has 1 heterocycles. The number of nitrogens with zero attached hydrogens (tertiary/aromatic N) is 1. The summed E-state index contributed by atoms with van der Waals surface area (Å²) in [6.45, 7) is 0. The van der Waals surface area contributed by atoms with E-state index in [1.54, 1.807) is 23.2 Å². The van der Waals surface area contributed by atoms with Crippen molar-refractivity contribution in [1.29, 1.82) is 0 Å². The molecule has 1 aromatic carbocycles. The van der Waals surface area contributed by atoms with Crippen LogP contribution in [0.5, 0.6) is 5.75 Å². The third kappa shape index (κ3) is 2.01. The summed E-state index contributed by atoms with van der Waals surface area (Å²) in [4.78, 5) is 5.57. The van der Waals surface area contributed by atoms with E-state index < -0.39 is 0 Å². The number of hydrogen-bond acceptors (Lipinski definition) is 1. The molecule has 0 spiro atoms. The number of para-hydroxylation sites is 1. The normalized spacial score (nSPS) is 10.1. The lowest BCUT2D eigenvalue weighted by Gasteiger charge is -2.09. The van der Waals surface area contributed by atoms with Gasteiger partial charge in [-0.15, -0.1) is 0 Å². The molecule has 0 N–H and O–H groups in total. The number of aromatic nitrogens is 1. The monoisotopic (exact) mass is 314 g/mol. The van der Waals surface area contributed by atoms with E-state index in [4.69, 9.17) is 4.84 Å². The van der Waals surface area contributed by atoms with Gasteiger partial charge in [-0.05, 0) is 50.1 Å². The van der Waals surface area contributed by atoms with Crippen LogP contribution in [-0.2, 0) is 0 Å². The van der Waals surface area contributed by atoms with Gasteiger partial charge in [-0.3, -0.25) is 0 Å². The van der Waals surface area contributed by atoms with Gasteiger partial charge in [0.1, 0.15) is 0 Å². The van der Waals surface area contributed by atoms with E-state index in [9.17, 15) is 0 Å². The predicted molar refractivity (Wildman–Crippen MR) is 61.1 cm³/mol. The van der Waals surface area contributed by atoms with Gasteiger partial charge in [0.2, 0.25) is 0 Å². The molecule has 0 amide bonds. The summed E-state index contributed by atoms with van der Waals surface area (Å²) in [6.07, 6.45) is 3.50. The first-order valence-electron chi connectivity index (χ1n) is 3.94. The van der Waals surface area contributed by atoms with Crippen LogP contribution in [0.15, 0.2) is 45.6 Å². The number of rotatable bonds is 2. The molecule has 0 aliphatic heterocycles. The lowest BCUT2D eigenvalue weighted by Crippen LogP contribution is -2.02. The second-order valence-electron chi connectivity index (χ2n) is 2.61. The molecule has 71 valence electrons. The summed E-state index contributed by atoms with van der Waals surface area (Å²) >= 11 is 6.83. The highest BCUT2D eigenvalue weighted by Gasteiger charge is 2.06. The van der Waals surface area contributed by atoms with Crippen molar-refractivity contribution in [2.75, 3.05) is 0 Å². The van der Waals surface area contributed by atoms with Crippen LogP contribution in [0.3, 0.4) is 0 Å². The summed E-state index contributed by atoms with van der Waals surface area (Å²) in [5.74, 6) is 0.747. The zero-order valence-electron chi connectivity index (χ0n) is 7.08. The van der Waals surface area contributed by atoms with Crippen molar-refractivity contribution in [1.82, 2.24) is 4.73 Å². The number of halogens is 2. The molecule has 2 nitrogen and oxygen atoms in total. The highest BCUT2D eigenvalue weighted by Crippen LogP contribution is 2.33. The number of hydrogen-bond donors (Lipinski definition) is 0. The Morgan fingerprint density at radius 1 is 1.21 bits per heavy atom. The van der Waals surface area contributed by atoms with Gasteiger partial charge in [-0.1, -0.05) is 6.07 Å². The van der Waals surface area contributed by atoms with Gasteiger partial charge in [-0.2, -0.15) is 4.73 Å². The summed E-state index contributed by atoms with van der Waals surface area (Å²) in [6, 6.07) is 10.5. The van der Waals surface area contributed by atoms with E-state index in [-0.39, 0.29) is 0 Å². The molecule has 4 heteroatoms.